The van der Waals surface area contributed by atoms with Crippen LogP contribution in [0, 0.1) is 0 Å². The van der Waals surface area contributed by atoms with E-state index in [9.17, 15) is 9.59 Å². The van der Waals surface area contributed by atoms with Crippen LogP contribution in [0.4, 0.5) is 0 Å². The highest BCUT2D eigenvalue weighted by Gasteiger charge is 2.23. The van der Waals surface area contributed by atoms with Gasteiger partial charge in [0, 0.05) is 16.5 Å². The second-order valence-corrected chi connectivity index (χ2v) is 5.51. The molecule has 0 bridgehead atoms. The second-order valence-electron chi connectivity index (χ2n) is 5.51. The summed E-state index contributed by atoms with van der Waals surface area (Å²) in [6.07, 6.45) is 0. The van der Waals surface area contributed by atoms with Crippen LogP contribution in [0.5, 0.6) is 0 Å². The van der Waals surface area contributed by atoms with E-state index in [0.29, 0.717) is 11.1 Å². The van der Waals surface area contributed by atoms with Gasteiger partial charge in [0.05, 0.1) is 0 Å². The van der Waals surface area contributed by atoms with Crippen molar-refractivity contribution < 1.29 is 9.59 Å². The van der Waals surface area contributed by atoms with Crippen molar-refractivity contribution in [1.29, 1.82) is 0 Å². The number of primary amides is 2. The van der Waals surface area contributed by atoms with Crippen LogP contribution < -0.4 is 11.5 Å². The highest BCUT2D eigenvalue weighted by atomic mass is 16.1. The summed E-state index contributed by atoms with van der Waals surface area (Å²) in [6, 6.07) is 14.4. The molecule has 108 valence electrons. The molecule has 2 amide bonds. The van der Waals surface area contributed by atoms with Crippen LogP contribution in [-0.4, -0.2) is 11.8 Å². The Morgan fingerprint density at radius 2 is 1.38 bits per heavy atom. The fraction of sp³-hybridized carbons (Fsp3) is 0.176. The summed E-state index contributed by atoms with van der Waals surface area (Å²) in [5.74, 6) is -0.896. The van der Waals surface area contributed by atoms with Gasteiger partial charge in [0.15, 0.2) is 0 Å². The largest absolute Gasteiger partial charge is 0.366 e. The van der Waals surface area contributed by atoms with Crippen LogP contribution in [0.25, 0.3) is 0 Å². The molecule has 0 saturated heterocycles. The molecule has 0 spiro atoms. The van der Waals surface area contributed by atoms with Crippen molar-refractivity contribution in [3.05, 3.63) is 70.8 Å². The molecule has 0 heterocycles. The summed E-state index contributed by atoms with van der Waals surface area (Å²) < 4.78 is 0. The molecule has 0 aliphatic rings. The highest BCUT2D eigenvalue weighted by Crippen LogP contribution is 2.31. The lowest BCUT2D eigenvalue weighted by atomic mass is 9.77. The highest BCUT2D eigenvalue weighted by molar-refractivity contribution is 5.93. The monoisotopic (exact) mass is 282 g/mol. The Balaban J connectivity index is 2.43. The average Bonchev–Trinajstić information content (AvgIpc) is 2.47. The molecule has 4 heteroatoms. The van der Waals surface area contributed by atoms with E-state index in [2.05, 4.69) is 0 Å². The van der Waals surface area contributed by atoms with Gasteiger partial charge in [0.2, 0.25) is 11.8 Å². The first-order chi connectivity index (χ1) is 9.82. The second kappa shape index (κ2) is 5.40. The van der Waals surface area contributed by atoms with Gasteiger partial charge in [-0.1, -0.05) is 38.1 Å². The molecule has 0 aliphatic heterocycles. The van der Waals surface area contributed by atoms with Crippen LogP contribution in [0.2, 0.25) is 0 Å². The van der Waals surface area contributed by atoms with E-state index >= 15 is 0 Å². The molecule has 0 aromatic heterocycles. The topological polar surface area (TPSA) is 86.2 Å². The molecule has 2 rings (SSSR count). The first kappa shape index (κ1) is 14.8. The van der Waals surface area contributed by atoms with Crippen LogP contribution >= 0.6 is 0 Å². The zero-order chi connectivity index (χ0) is 15.6. The van der Waals surface area contributed by atoms with Crippen molar-refractivity contribution in [1.82, 2.24) is 0 Å². The van der Waals surface area contributed by atoms with Gasteiger partial charge in [-0.25, -0.2) is 0 Å². The zero-order valence-electron chi connectivity index (χ0n) is 12.1. The van der Waals surface area contributed by atoms with E-state index in [4.69, 9.17) is 11.5 Å². The predicted octanol–water partition coefficient (Wildman–Crippen LogP) is 2.21. The smallest absolute Gasteiger partial charge is 0.248 e. The van der Waals surface area contributed by atoms with Crippen molar-refractivity contribution in [2.75, 3.05) is 0 Å². The zero-order valence-corrected chi connectivity index (χ0v) is 12.1. The van der Waals surface area contributed by atoms with E-state index in [1.54, 1.807) is 24.3 Å². The van der Waals surface area contributed by atoms with E-state index in [0.717, 1.165) is 11.1 Å². The lowest BCUT2D eigenvalue weighted by Gasteiger charge is -2.26. The van der Waals surface area contributed by atoms with Crippen LogP contribution in [0.1, 0.15) is 45.7 Å². The quantitative estimate of drug-likeness (QED) is 0.900. The number of hydrogen-bond donors (Lipinski definition) is 2. The first-order valence-electron chi connectivity index (χ1n) is 6.63. The summed E-state index contributed by atoms with van der Waals surface area (Å²) in [7, 11) is 0. The van der Waals surface area contributed by atoms with E-state index in [1.165, 1.54) is 0 Å². The Morgan fingerprint density at radius 1 is 0.810 bits per heavy atom. The molecule has 0 radical (unpaired) electrons. The average molecular weight is 282 g/mol. The first-order valence-corrected chi connectivity index (χ1v) is 6.63. The lowest BCUT2D eigenvalue weighted by molar-refractivity contribution is 0.0991. The third kappa shape index (κ3) is 2.94. The molecular formula is C17H18N2O2. The van der Waals surface area contributed by atoms with Gasteiger partial charge in [-0.05, 0) is 35.4 Å². The Hall–Kier alpha value is -2.62. The van der Waals surface area contributed by atoms with Gasteiger partial charge in [0.1, 0.15) is 0 Å². The third-order valence-corrected chi connectivity index (χ3v) is 3.76. The maximum atomic E-state index is 11.3. The van der Waals surface area contributed by atoms with Crippen LogP contribution in [-0.2, 0) is 5.41 Å². The molecule has 4 nitrogen and oxygen atoms in total. The molecule has 0 aliphatic carbocycles. The number of amides is 2. The Labute approximate surface area is 123 Å². The number of carbonyl (C=O) groups is 2. The third-order valence-electron chi connectivity index (χ3n) is 3.76. The van der Waals surface area contributed by atoms with Crippen molar-refractivity contribution in [3.63, 3.8) is 0 Å². The molecule has 0 atom stereocenters. The molecule has 4 N–H and O–H groups in total. The predicted molar refractivity (Wildman–Crippen MR) is 82.0 cm³/mol. The minimum absolute atomic E-state index is 0.318. The molecule has 0 saturated carbocycles. The summed E-state index contributed by atoms with van der Waals surface area (Å²) in [5.41, 5.74) is 13.2. The van der Waals surface area contributed by atoms with Crippen LogP contribution in [0.3, 0.4) is 0 Å². The summed E-state index contributed by atoms with van der Waals surface area (Å²) in [4.78, 5) is 22.4. The number of hydrogen-bond acceptors (Lipinski definition) is 2. The molecule has 21 heavy (non-hydrogen) atoms. The SMILES string of the molecule is CC(C)(c1ccc(C(N)=O)cc1)c1cccc(C(N)=O)c1. The Morgan fingerprint density at radius 3 is 1.90 bits per heavy atom. The number of rotatable bonds is 4. The normalized spacial score (nSPS) is 11.1. The van der Waals surface area contributed by atoms with Gasteiger partial charge in [0.25, 0.3) is 0 Å². The van der Waals surface area contributed by atoms with Gasteiger partial charge in [-0.2, -0.15) is 0 Å². The standard InChI is InChI=1S/C17H18N2O2/c1-17(2,13-8-6-11(7-9-13)15(18)20)14-5-3-4-12(10-14)16(19)21/h3-10H,1-2H3,(H2,18,20)(H2,19,21). The van der Waals surface area contributed by atoms with Crippen molar-refractivity contribution in [3.8, 4) is 0 Å². The molecule has 0 fully saturated rings. The van der Waals surface area contributed by atoms with Gasteiger partial charge >= 0.3 is 0 Å². The van der Waals surface area contributed by atoms with Gasteiger partial charge in [-0.15, -0.1) is 0 Å². The number of carbonyl (C=O) groups excluding carboxylic acids is 2. The molecular weight excluding hydrogens is 264 g/mol. The Kier molecular flexibility index (Phi) is 3.80. The number of benzene rings is 2. The Bertz CT molecular complexity index is 688. The maximum Gasteiger partial charge on any atom is 0.248 e. The van der Waals surface area contributed by atoms with E-state index in [1.807, 2.05) is 38.1 Å². The minimum Gasteiger partial charge on any atom is -0.366 e. The summed E-state index contributed by atoms with van der Waals surface area (Å²) in [5, 5.41) is 0. The summed E-state index contributed by atoms with van der Waals surface area (Å²) in [6.45, 7) is 4.10. The van der Waals surface area contributed by atoms with Gasteiger partial charge < -0.3 is 11.5 Å². The van der Waals surface area contributed by atoms with Crippen molar-refractivity contribution in [2.24, 2.45) is 11.5 Å². The van der Waals surface area contributed by atoms with E-state index < -0.39 is 11.8 Å². The number of nitrogens with two attached hydrogens (primary N) is 2. The maximum absolute atomic E-state index is 11.3. The molecule has 2 aromatic carbocycles. The van der Waals surface area contributed by atoms with E-state index in [-0.39, 0.29) is 5.41 Å². The fourth-order valence-electron chi connectivity index (χ4n) is 2.28. The lowest BCUT2D eigenvalue weighted by Crippen LogP contribution is -2.21. The fourth-order valence-corrected chi connectivity index (χ4v) is 2.28. The van der Waals surface area contributed by atoms with Crippen molar-refractivity contribution in [2.45, 2.75) is 19.3 Å². The summed E-state index contributed by atoms with van der Waals surface area (Å²) >= 11 is 0. The van der Waals surface area contributed by atoms with Gasteiger partial charge in [-0.3, -0.25) is 9.59 Å². The molecule has 2 aromatic rings. The molecule has 0 unspecified atom stereocenters. The minimum atomic E-state index is -0.449. The van der Waals surface area contributed by atoms with Crippen LogP contribution in [0.15, 0.2) is 48.5 Å². The van der Waals surface area contributed by atoms with Crippen molar-refractivity contribution >= 4 is 11.8 Å².